The fourth-order valence-electron chi connectivity index (χ4n) is 2.95. The molecule has 2 aromatic rings. The van der Waals surface area contributed by atoms with Gasteiger partial charge in [-0.3, -0.25) is 5.41 Å². The second-order valence-corrected chi connectivity index (χ2v) is 8.87. The molecule has 2 aliphatic rings. The molecule has 0 radical (unpaired) electrons. The Balaban J connectivity index is 1.64. The second kappa shape index (κ2) is 4.85. The van der Waals surface area contributed by atoms with Gasteiger partial charge in [-0.15, -0.1) is 0 Å². The maximum absolute atomic E-state index is 11.7. The Morgan fingerprint density at radius 2 is 2.18 bits per heavy atom. The van der Waals surface area contributed by atoms with Crippen molar-refractivity contribution in [1.82, 2.24) is 9.99 Å². The van der Waals surface area contributed by atoms with Gasteiger partial charge in [0.1, 0.15) is 0 Å². The highest BCUT2D eigenvalue weighted by Crippen LogP contribution is 2.37. The Morgan fingerprint density at radius 3 is 3.05 bits per heavy atom. The average molecular weight is 334 g/mol. The summed E-state index contributed by atoms with van der Waals surface area (Å²) in [7, 11) is -3.01. The van der Waals surface area contributed by atoms with E-state index in [0.717, 1.165) is 16.5 Å². The van der Waals surface area contributed by atoms with Crippen molar-refractivity contribution < 1.29 is 8.42 Å². The predicted octanol–water partition coefficient (Wildman–Crippen LogP) is 1.65. The van der Waals surface area contributed by atoms with Crippen molar-refractivity contribution in [1.29, 1.82) is 5.41 Å². The van der Waals surface area contributed by atoms with Crippen molar-refractivity contribution in [3.05, 3.63) is 36.0 Å². The fourth-order valence-corrected chi connectivity index (χ4v) is 6.66. The highest BCUT2D eigenvalue weighted by Gasteiger charge is 2.48. The fraction of sp³-hybridized carbons (Fsp3) is 0.286. The molecule has 2 aliphatic heterocycles. The molecule has 0 bridgehead atoms. The van der Waals surface area contributed by atoms with E-state index in [-0.39, 0.29) is 22.8 Å². The molecule has 0 spiro atoms. The van der Waals surface area contributed by atoms with Gasteiger partial charge in [0.15, 0.2) is 15.0 Å². The maximum atomic E-state index is 11.7. The molecule has 2 fully saturated rings. The van der Waals surface area contributed by atoms with Crippen LogP contribution in [-0.2, 0) is 9.84 Å². The molecule has 114 valence electrons. The highest BCUT2D eigenvalue weighted by atomic mass is 32.2. The van der Waals surface area contributed by atoms with E-state index in [0.29, 0.717) is 5.17 Å². The summed E-state index contributed by atoms with van der Waals surface area (Å²) in [5, 5.41) is 15.2. The SMILES string of the molecule is N=C1SC2CS(=O)(=O)CC2N1/N=C/c1c[nH]c2ccccc12. The number of nitrogens with one attached hydrogen (secondary N) is 2. The van der Waals surface area contributed by atoms with Crippen molar-refractivity contribution in [2.24, 2.45) is 5.10 Å². The molecule has 22 heavy (non-hydrogen) atoms. The predicted molar refractivity (Wildman–Crippen MR) is 89.3 cm³/mol. The Morgan fingerprint density at radius 1 is 1.36 bits per heavy atom. The van der Waals surface area contributed by atoms with Gasteiger partial charge >= 0.3 is 0 Å². The smallest absolute Gasteiger partial charge is 0.177 e. The van der Waals surface area contributed by atoms with Crippen LogP contribution in [0.4, 0.5) is 0 Å². The number of aromatic nitrogens is 1. The molecular formula is C14H14N4O2S2. The Labute approximate surface area is 132 Å². The number of hydrogen-bond donors (Lipinski definition) is 2. The first kappa shape index (κ1) is 13.8. The number of hydrogen-bond acceptors (Lipinski definition) is 5. The highest BCUT2D eigenvalue weighted by molar-refractivity contribution is 8.15. The first-order valence-corrected chi connectivity index (χ1v) is 9.58. The number of H-pyrrole nitrogens is 1. The minimum Gasteiger partial charge on any atom is -0.361 e. The number of sulfone groups is 1. The zero-order chi connectivity index (χ0) is 15.3. The maximum Gasteiger partial charge on any atom is 0.177 e. The van der Waals surface area contributed by atoms with E-state index >= 15 is 0 Å². The van der Waals surface area contributed by atoms with Crippen LogP contribution in [0.25, 0.3) is 10.9 Å². The standard InChI is InChI=1S/C14H14N4O2S2/c15-14-18(12-7-22(19,20)8-13(12)21-14)17-6-9-5-16-11-4-2-1-3-10(9)11/h1-6,12-13,15-16H,7-8H2/b15-14?,17-6+. The number of aromatic amines is 1. The summed E-state index contributed by atoms with van der Waals surface area (Å²) >= 11 is 1.30. The molecule has 8 heteroatoms. The van der Waals surface area contributed by atoms with Crippen molar-refractivity contribution in [2.75, 3.05) is 11.5 Å². The van der Waals surface area contributed by atoms with Crippen molar-refractivity contribution in [2.45, 2.75) is 11.3 Å². The second-order valence-electron chi connectivity index (χ2n) is 5.48. The molecule has 2 unspecified atom stereocenters. The molecule has 1 aromatic heterocycles. The molecule has 3 heterocycles. The van der Waals surface area contributed by atoms with Crippen LogP contribution in [0.5, 0.6) is 0 Å². The Bertz CT molecular complexity index is 887. The third-order valence-corrected chi connectivity index (χ3v) is 7.12. The van der Waals surface area contributed by atoms with Gasteiger partial charge in [0.05, 0.1) is 23.8 Å². The van der Waals surface area contributed by atoms with Crippen LogP contribution in [0.2, 0.25) is 0 Å². The first-order chi connectivity index (χ1) is 10.5. The van der Waals surface area contributed by atoms with Crippen LogP contribution in [0.3, 0.4) is 0 Å². The number of nitrogens with zero attached hydrogens (tertiary/aromatic N) is 2. The van der Waals surface area contributed by atoms with Gasteiger partial charge in [-0.1, -0.05) is 30.0 Å². The lowest BCUT2D eigenvalue weighted by Crippen LogP contribution is -2.32. The third-order valence-electron chi connectivity index (χ3n) is 4.00. The largest absolute Gasteiger partial charge is 0.361 e. The van der Waals surface area contributed by atoms with Gasteiger partial charge in [-0.2, -0.15) is 5.10 Å². The zero-order valence-electron chi connectivity index (χ0n) is 11.6. The number of hydrazone groups is 1. The van der Waals surface area contributed by atoms with Gasteiger partial charge < -0.3 is 4.98 Å². The molecule has 0 aliphatic carbocycles. The van der Waals surface area contributed by atoms with E-state index in [2.05, 4.69) is 10.1 Å². The van der Waals surface area contributed by atoms with Crippen LogP contribution >= 0.6 is 11.8 Å². The summed E-state index contributed by atoms with van der Waals surface area (Å²) in [6.45, 7) is 0. The topological polar surface area (TPSA) is 89.4 Å². The van der Waals surface area contributed by atoms with Gasteiger partial charge in [-0.25, -0.2) is 13.4 Å². The molecule has 2 saturated heterocycles. The summed E-state index contributed by atoms with van der Waals surface area (Å²) in [6, 6.07) is 7.69. The molecule has 2 N–H and O–H groups in total. The normalized spacial score (nSPS) is 27.1. The molecule has 6 nitrogen and oxygen atoms in total. The van der Waals surface area contributed by atoms with Crippen molar-refractivity contribution in [3.63, 3.8) is 0 Å². The van der Waals surface area contributed by atoms with E-state index in [1.807, 2.05) is 30.5 Å². The lowest BCUT2D eigenvalue weighted by Gasteiger charge is -2.17. The number of para-hydroxylation sites is 1. The van der Waals surface area contributed by atoms with Gasteiger partial charge in [0.25, 0.3) is 0 Å². The molecule has 2 atom stereocenters. The minimum atomic E-state index is -3.01. The van der Waals surface area contributed by atoms with E-state index in [4.69, 9.17) is 5.41 Å². The van der Waals surface area contributed by atoms with Crippen LogP contribution in [0.15, 0.2) is 35.6 Å². The Hall–Kier alpha value is -1.80. The molecule has 1 aromatic carbocycles. The van der Waals surface area contributed by atoms with Crippen LogP contribution in [-0.4, -0.2) is 52.6 Å². The van der Waals surface area contributed by atoms with Crippen molar-refractivity contribution >= 4 is 43.9 Å². The van der Waals surface area contributed by atoms with E-state index in [9.17, 15) is 8.42 Å². The zero-order valence-corrected chi connectivity index (χ0v) is 13.2. The van der Waals surface area contributed by atoms with Crippen molar-refractivity contribution in [3.8, 4) is 0 Å². The van der Waals surface area contributed by atoms with Crippen LogP contribution < -0.4 is 0 Å². The van der Waals surface area contributed by atoms with E-state index < -0.39 is 9.84 Å². The molecule has 0 saturated carbocycles. The van der Waals surface area contributed by atoms with Gasteiger partial charge in [0.2, 0.25) is 0 Å². The van der Waals surface area contributed by atoms with Crippen LogP contribution in [0.1, 0.15) is 5.56 Å². The summed E-state index contributed by atoms with van der Waals surface area (Å²) < 4.78 is 23.5. The van der Waals surface area contributed by atoms with E-state index in [1.54, 1.807) is 11.2 Å². The lowest BCUT2D eigenvalue weighted by atomic mass is 10.2. The quantitative estimate of drug-likeness (QED) is 0.817. The monoisotopic (exact) mass is 334 g/mol. The average Bonchev–Trinajstić information content (AvgIpc) is 3.08. The number of benzene rings is 1. The summed E-state index contributed by atoms with van der Waals surface area (Å²) in [5.74, 6) is 0.224. The Kier molecular flexibility index (Phi) is 3.05. The number of rotatable bonds is 2. The minimum absolute atomic E-state index is 0.0716. The summed E-state index contributed by atoms with van der Waals surface area (Å²) in [5.41, 5.74) is 1.95. The molecule has 4 rings (SSSR count). The van der Waals surface area contributed by atoms with Gasteiger partial charge in [-0.05, 0) is 6.07 Å². The summed E-state index contributed by atoms with van der Waals surface area (Å²) in [6.07, 6.45) is 3.56. The van der Waals surface area contributed by atoms with Gasteiger partial charge in [0, 0.05) is 27.9 Å². The number of fused-ring (bicyclic) bond motifs is 2. The van der Waals surface area contributed by atoms with Crippen LogP contribution in [0, 0.1) is 5.41 Å². The lowest BCUT2D eigenvalue weighted by molar-refractivity contribution is 0.376. The first-order valence-electron chi connectivity index (χ1n) is 6.88. The number of amidine groups is 1. The molecule has 0 amide bonds. The summed E-state index contributed by atoms with van der Waals surface area (Å²) in [4.78, 5) is 3.17. The third kappa shape index (κ3) is 2.22. The molecular weight excluding hydrogens is 320 g/mol. The van der Waals surface area contributed by atoms with E-state index in [1.165, 1.54) is 11.8 Å². The number of thioether (sulfide) groups is 1.